The minimum absolute atomic E-state index is 0.0503. The molecular formula is C23H24N4O4S. The highest BCUT2D eigenvalue weighted by atomic mass is 32.2. The van der Waals surface area contributed by atoms with Crippen LogP contribution in [0.5, 0.6) is 5.75 Å². The number of carbonyl (C=O) groups is 1. The fraction of sp³-hybridized carbons (Fsp3) is 0.174. The van der Waals surface area contributed by atoms with Crippen LogP contribution >= 0.6 is 0 Å². The Hall–Kier alpha value is -3.72. The lowest BCUT2D eigenvalue weighted by Crippen LogP contribution is -2.15. The van der Waals surface area contributed by atoms with E-state index in [0.29, 0.717) is 23.8 Å². The number of nitrogens with one attached hydrogen (secondary N) is 2. The largest absolute Gasteiger partial charge is 0.494 e. The molecule has 0 saturated carbocycles. The van der Waals surface area contributed by atoms with E-state index in [0.717, 1.165) is 11.3 Å². The van der Waals surface area contributed by atoms with Crippen molar-refractivity contribution in [3.05, 3.63) is 77.8 Å². The predicted molar refractivity (Wildman–Crippen MR) is 124 cm³/mol. The smallest absolute Gasteiger partial charge is 0.263 e. The van der Waals surface area contributed by atoms with Gasteiger partial charge in [-0.15, -0.1) is 0 Å². The first kappa shape index (κ1) is 23.0. The Morgan fingerprint density at radius 1 is 1.03 bits per heavy atom. The Bertz CT molecular complexity index is 1200. The number of rotatable bonds is 8. The number of amides is 1. The van der Waals surface area contributed by atoms with Gasteiger partial charge in [0.2, 0.25) is 5.91 Å². The van der Waals surface area contributed by atoms with E-state index in [1.807, 2.05) is 31.2 Å². The summed E-state index contributed by atoms with van der Waals surface area (Å²) in [6, 6.07) is 14.8. The van der Waals surface area contributed by atoms with Crippen molar-refractivity contribution in [2.75, 3.05) is 16.6 Å². The van der Waals surface area contributed by atoms with E-state index in [1.165, 1.54) is 30.3 Å². The molecule has 0 bridgehead atoms. The normalized spacial score (nSPS) is 11.3. The van der Waals surface area contributed by atoms with E-state index < -0.39 is 10.0 Å². The van der Waals surface area contributed by atoms with Crippen molar-refractivity contribution in [3.8, 4) is 5.75 Å². The van der Waals surface area contributed by atoms with Gasteiger partial charge in [-0.25, -0.2) is 18.4 Å². The Kier molecular flexibility index (Phi) is 7.21. The first-order chi connectivity index (χ1) is 15.2. The molecule has 9 heteroatoms. The first-order valence-corrected chi connectivity index (χ1v) is 11.4. The van der Waals surface area contributed by atoms with Gasteiger partial charge in [0.05, 0.1) is 11.5 Å². The lowest BCUT2D eigenvalue weighted by atomic mass is 10.2. The van der Waals surface area contributed by atoms with Gasteiger partial charge in [0.15, 0.2) is 0 Å². The van der Waals surface area contributed by atoms with Crippen molar-refractivity contribution in [2.24, 2.45) is 0 Å². The molecule has 3 aromatic rings. The molecule has 0 aliphatic rings. The molecule has 0 radical (unpaired) electrons. The van der Waals surface area contributed by atoms with Crippen molar-refractivity contribution in [1.29, 1.82) is 0 Å². The maximum Gasteiger partial charge on any atom is 0.263 e. The van der Waals surface area contributed by atoms with Crippen LogP contribution < -0.4 is 14.8 Å². The van der Waals surface area contributed by atoms with Crippen molar-refractivity contribution < 1.29 is 17.9 Å². The molecule has 2 N–H and O–H groups in total. The number of aryl methyl sites for hydroxylation is 2. The fourth-order valence-corrected chi connectivity index (χ4v) is 3.87. The number of hydrogen-bond acceptors (Lipinski definition) is 6. The van der Waals surface area contributed by atoms with Crippen molar-refractivity contribution in [1.82, 2.24) is 9.97 Å². The summed E-state index contributed by atoms with van der Waals surface area (Å²) < 4.78 is 33.0. The second kappa shape index (κ2) is 10.1. The molecule has 1 aromatic heterocycles. The SMILES string of the molecule is CCOc1ccc(C=CC(=O)Nc2ccc(S(=O)(=O)Nc3cc(C)nc(C)n3)cc2)cc1. The Balaban J connectivity index is 1.62. The van der Waals surface area contributed by atoms with Gasteiger partial charge in [0.25, 0.3) is 10.0 Å². The maximum absolute atomic E-state index is 12.6. The van der Waals surface area contributed by atoms with E-state index in [2.05, 4.69) is 20.0 Å². The van der Waals surface area contributed by atoms with Gasteiger partial charge >= 0.3 is 0 Å². The van der Waals surface area contributed by atoms with Crippen molar-refractivity contribution >= 4 is 33.5 Å². The van der Waals surface area contributed by atoms with E-state index in [-0.39, 0.29) is 16.6 Å². The third kappa shape index (κ3) is 6.39. The minimum atomic E-state index is -3.82. The predicted octanol–water partition coefficient (Wildman–Crippen LogP) is 3.94. The number of ether oxygens (including phenoxy) is 1. The number of benzene rings is 2. The third-order valence-corrected chi connectivity index (χ3v) is 5.63. The first-order valence-electron chi connectivity index (χ1n) is 9.92. The van der Waals surface area contributed by atoms with E-state index in [1.54, 1.807) is 26.0 Å². The molecule has 0 fully saturated rings. The van der Waals surface area contributed by atoms with E-state index in [9.17, 15) is 13.2 Å². The number of nitrogens with zero attached hydrogens (tertiary/aromatic N) is 2. The Morgan fingerprint density at radius 2 is 1.72 bits per heavy atom. The van der Waals surface area contributed by atoms with Gasteiger partial charge < -0.3 is 10.1 Å². The summed E-state index contributed by atoms with van der Waals surface area (Å²) in [7, 11) is -3.82. The number of carbonyl (C=O) groups excluding carboxylic acids is 1. The summed E-state index contributed by atoms with van der Waals surface area (Å²) in [5.41, 5.74) is 1.98. The number of anilines is 2. The third-order valence-electron chi connectivity index (χ3n) is 4.26. The maximum atomic E-state index is 12.6. The summed E-state index contributed by atoms with van der Waals surface area (Å²) in [5, 5.41) is 2.70. The average molecular weight is 453 g/mol. The van der Waals surface area contributed by atoms with Crippen molar-refractivity contribution in [2.45, 2.75) is 25.7 Å². The van der Waals surface area contributed by atoms with E-state index >= 15 is 0 Å². The second-order valence-corrected chi connectivity index (χ2v) is 8.58. The van der Waals surface area contributed by atoms with Crippen LogP contribution in [0.25, 0.3) is 6.08 Å². The summed E-state index contributed by atoms with van der Waals surface area (Å²) in [5.74, 6) is 1.11. The zero-order valence-corrected chi connectivity index (χ0v) is 18.8. The topological polar surface area (TPSA) is 110 Å². The van der Waals surface area contributed by atoms with Crippen molar-refractivity contribution in [3.63, 3.8) is 0 Å². The van der Waals surface area contributed by atoms with Crippen LogP contribution in [-0.2, 0) is 14.8 Å². The van der Waals surface area contributed by atoms with Gasteiger partial charge in [-0.1, -0.05) is 12.1 Å². The van der Waals surface area contributed by atoms with Crippen LogP contribution in [0, 0.1) is 13.8 Å². The van der Waals surface area contributed by atoms with Crippen LogP contribution in [0.1, 0.15) is 24.0 Å². The second-order valence-electron chi connectivity index (χ2n) is 6.90. The molecule has 1 heterocycles. The quantitative estimate of drug-likeness (QED) is 0.501. The molecule has 8 nitrogen and oxygen atoms in total. The number of hydrogen-bond donors (Lipinski definition) is 2. The van der Waals surface area contributed by atoms with Crippen LogP contribution in [0.4, 0.5) is 11.5 Å². The average Bonchev–Trinajstić information content (AvgIpc) is 2.73. The summed E-state index contributed by atoms with van der Waals surface area (Å²) in [4.78, 5) is 20.4. The summed E-state index contributed by atoms with van der Waals surface area (Å²) in [6.07, 6.45) is 3.08. The minimum Gasteiger partial charge on any atom is -0.494 e. The van der Waals surface area contributed by atoms with Crippen LogP contribution in [-0.4, -0.2) is 30.9 Å². The molecule has 0 aliphatic heterocycles. The molecule has 0 spiro atoms. The summed E-state index contributed by atoms with van der Waals surface area (Å²) >= 11 is 0. The molecule has 3 rings (SSSR count). The Morgan fingerprint density at radius 3 is 2.34 bits per heavy atom. The molecular weight excluding hydrogens is 428 g/mol. The fourth-order valence-electron chi connectivity index (χ4n) is 2.88. The van der Waals surface area contributed by atoms with Gasteiger partial charge in [-0.05, 0) is 68.8 Å². The lowest BCUT2D eigenvalue weighted by Gasteiger charge is -2.09. The zero-order valence-electron chi connectivity index (χ0n) is 18.0. The molecule has 0 atom stereocenters. The Labute approximate surface area is 187 Å². The van der Waals surface area contributed by atoms with Gasteiger partial charge in [-0.3, -0.25) is 9.52 Å². The van der Waals surface area contributed by atoms with Crippen LogP contribution in [0.15, 0.2) is 65.6 Å². The highest BCUT2D eigenvalue weighted by Crippen LogP contribution is 2.18. The number of sulfonamides is 1. The zero-order chi connectivity index (χ0) is 23.1. The standard InChI is InChI=1S/C23H24N4O4S/c1-4-31-20-10-5-18(6-11-20)7-14-23(28)26-19-8-12-21(13-9-19)32(29,30)27-22-15-16(2)24-17(3)25-22/h5-15H,4H2,1-3H3,(H,26,28)(H,24,25,27). The highest BCUT2D eigenvalue weighted by Gasteiger charge is 2.15. The molecule has 166 valence electrons. The van der Waals surface area contributed by atoms with Crippen LogP contribution in [0.3, 0.4) is 0 Å². The molecule has 32 heavy (non-hydrogen) atoms. The van der Waals surface area contributed by atoms with Gasteiger partial charge in [0.1, 0.15) is 17.4 Å². The summed E-state index contributed by atoms with van der Waals surface area (Å²) in [6.45, 7) is 5.95. The molecule has 0 unspecified atom stereocenters. The molecule has 0 aliphatic carbocycles. The number of aromatic nitrogens is 2. The van der Waals surface area contributed by atoms with Gasteiger partial charge in [-0.2, -0.15) is 0 Å². The molecule has 1 amide bonds. The lowest BCUT2D eigenvalue weighted by molar-refractivity contribution is -0.111. The van der Waals surface area contributed by atoms with E-state index in [4.69, 9.17) is 4.74 Å². The highest BCUT2D eigenvalue weighted by molar-refractivity contribution is 7.92. The molecule has 2 aromatic carbocycles. The van der Waals surface area contributed by atoms with Gasteiger partial charge in [0, 0.05) is 23.5 Å². The molecule has 0 saturated heterocycles. The van der Waals surface area contributed by atoms with Crippen LogP contribution in [0.2, 0.25) is 0 Å². The monoisotopic (exact) mass is 452 g/mol.